The molecule has 0 atom stereocenters. The van der Waals surface area contributed by atoms with Gasteiger partial charge in [0.1, 0.15) is 5.69 Å². The molecule has 27 heavy (non-hydrogen) atoms. The van der Waals surface area contributed by atoms with E-state index in [1.165, 1.54) is 6.20 Å². The summed E-state index contributed by atoms with van der Waals surface area (Å²) >= 11 is 6.55. The fraction of sp³-hybridized carbons (Fsp3) is 0.286. The van der Waals surface area contributed by atoms with E-state index < -0.39 is 5.91 Å². The molecule has 5 nitrogen and oxygen atoms in total. The highest BCUT2D eigenvalue weighted by Gasteiger charge is 2.21. The van der Waals surface area contributed by atoms with E-state index in [9.17, 15) is 9.59 Å². The van der Waals surface area contributed by atoms with E-state index in [2.05, 4.69) is 36.8 Å². The van der Waals surface area contributed by atoms with Crippen LogP contribution in [0, 0.1) is 13.8 Å². The van der Waals surface area contributed by atoms with Crippen LogP contribution in [0.1, 0.15) is 48.0 Å². The number of aryl methyl sites for hydroxylation is 1. The van der Waals surface area contributed by atoms with Crippen molar-refractivity contribution in [3.63, 3.8) is 0 Å². The Morgan fingerprint density at radius 3 is 2.48 bits per heavy atom. The lowest BCUT2D eigenvalue weighted by atomic mass is 9.84. The van der Waals surface area contributed by atoms with Gasteiger partial charge < -0.3 is 10.7 Å². The molecule has 3 rings (SSSR count). The molecule has 3 N–H and O–H groups in total. The molecular weight excluding hydrogens is 362 g/mol. The Balaban J connectivity index is 2.34. The number of hydrogen-bond acceptors (Lipinski definition) is 3. The number of benzene rings is 1. The Hall–Kier alpha value is -2.66. The second-order valence-electron chi connectivity index (χ2n) is 7.80. The third-order valence-electron chi connectivity index (χ3n) is 4.78. The third kappa shape index (κ3) is 3.23. The number of pyridine rings is 2. The van der Waals surface area contributed by atoms with E-state index in [0.717, 1.165) is 16.7 Å². The van der Waals surface area contributed by atoms with Crippen LogP contribution in [0.3, 0.4) is 0 Å². The lowest BCUT2D eigenvalue weighted by molar-refractivity contribution is 0.0997. The summed E-state index contributed by atoms with van der Waals surface area (Å²) in [4.78, 5) is 31.9. The SMILES string of the molecule is Cc1cc(C(C)(C)C)c(Cl)cc1-c1[nH]c2ccnc(C(N)=O)c2c(=O)c1C. The number of hydrogen-bond donors (Lipinski definition) is 2. The molecule has 0 aliphatic rings. The standard InChI is InChI=1S/C21H22ClN3O2/c1-10-8-13(21(3,4)5)14(22)9-12(10)17-11(2)19(26)16-15(25-17)6-7-24-18(16)20(23)27/h6-9H,1-5H3,(H2,23,27)(H,25,26). The zero-order valence-electron chi connectivity index (χ0n) is 16.0. The topological polar surface area (TPSA) is 88.8 Å². The molecule has 2 aromatic heterocycles. The minimum Gasteiger partial charge on any atom is -0.364 e. The number of halogens is 1. The molecule has 0 radical (unpaired) electrons. The second-order valence-corrected chi connectivity index (χ2v) is 8.20. The number of H-pyrrole nitrogens is 1. The molecule has 0 aliphatic heterocycles. The molecule has 0 spiro atoms. The molecule has 1 aromatic carbocycles. The van der Waals surface area contributed by atoms with Gasteiger partial charge in [-0.15, -0.1) is 0 Å². The summed E-state index contributed by atoms with van der Waals surface area (Å²) in [5.74, 6) is -0.730. The van der Waals surface area contributed by atoms with Crippen molar-refractivity contribution >= 4 is 28.4 Å². The van der Waals surface area contributed by atoms with Crippen LogP contribution in [0.5, 0.6) is 0 Å². The van der Waals surface area contributed by atoms with Crippen LogP contribution >= 0.6 is 11.6 Å². The molecule has 2 heterocycles. The highest BCUT2D eigenvalue weighted by Crippen LogP contribution is 2.35. The van der Waals surface area contributed by atoms with Crippen molar-refractivity contribution in [1.82, 2.24) is 9.97 Å². The van der Waals surface area contributed by atoms with Gasteiger partial charge in [0.05, 0.1) is 16.6 Å². The van der Waals surface area contributed by atoms with Crippen LogP contribution in [0.25, 0.3) is 22.2 Å². The number of nitrogens with two attached hydrogens (primary N) is 1. The maximum absolute atomic E-state index is 13.0. The molecule has 0 saturated carbocycles. The number of aromatic nitrogens is 2. The molecule has 6 heteroatoms. The maximum atomic E-state index is 13.0. The molecule has 3 aromatic rings. The number of carbonyl (C=O) groups excluding carboxylic acids is 1. The fourth-order valence-corrected chi connectivity index (χ4v) is 3.75. The molecular formula is C21H22ClN3O2. The third-order valence-corrected chi connectivity index (χ3v) is 5.09. The normalized spacial score (nSPS) is 11.8. The summed E-state index contributed by atoms with van der Waals surface area (Å²) in [7, 11) is 0. The lowest BCUT2D eigenvalue weighted by Gasteiger charge is -2.23. The van der Waals surface area contributed by atoms with Crippen molar-refractivity contribution in [3.8, 4) is 11.3 Å². The van der Waals surface area contributed by atoms with Gasteiger partial charge in [-0.25, -0.2) is 0 Å². The Bertz CT molecular complexity index is 1140. The predicted molar refractivity (Wildman–Crippen MR) is 110 cm³/mol. The van der Waals surface area contributed by atoms with Crippen molar-refractivity contribution < 1.29 is 4.79 Å². The minimum atomic E-state index is -0.730. The Labute approximate surface area is 162 Å². The molecule has 140 valence electrons. The molecule has 0 bridgehead atoms. The molecule has 0 fully saturated rings. The van der Waals surface area contributed by atoms with Crippen LogP contribution in [-0.4, -0.2) is 15.9 Å². The van der Waals surface area contributed by atoms with Crippen molar-refractivity contribution in [2.45, 2.75) is 40.0 Å². The Kier molecular flexibility index (Phi) is 4.60. The van der Waals surface area contributed by atoms with Crippen molar-refractivity contribution in [3.05, 3.63) is 62.0 Å². The van der Waals surface area contributed by atoms with E-state index in [1.807, 2.05) is 13.0 Å². The van der Waals surface area contributed by atoms with Crippen molar-refractivity contribution in [2.75, 3.05) is 0 Å². The maximum Gasteiger partial charge on any atom is 0.268 e. The first-order chi connectivity index (χ1) is 12.5. The summed E-state index contributed by atoms with van der Waals surface area (Å²) in [5.41, 5.74) is 9.57. The number of fused-ring (bicyclic) bond motifs is 1. The van der Waals surface area contributed by atoms with Gasteiger partial charge >= 0.3 is 0 Å². The van der Waals surface area contributed by atoms with Gasteiger partial charge in [-0.2, -0.15) is 0 Å². The first kappa shape index (κ1) is 19.1. The van der Waals surface area contributed by atoms with E-state index in [0.29, 0.717) is 21.8 Å². The molecule has 0 saturated heterocycles. The lowest BCUT2D eigenvalue weighted by Crippen LogP contribution is -2.19. The molecule has 0 unspecified atom stereocenters. The van der Waals surface area contributed by atoms with Gasteiger partial charge in [-0.05, 0) is 42.5 Å². The Morgan fingerprint density at radius 1 is 1.22 bits per heavy atom. The monoisotopic (exact) mass is 383 g/mol. The first-order valence-corrected chi connectivity index (χ1v) is 9.02. The summed E-state index contributed by atoms with van der Waals surface area (Å²) in [5, 5.41) is 0.859. The number of rotatable bonds is 2. The van der Waals surface area contributed by atoms with Gasteiger partial charge in [-0.3, -0.25) is 14.6 Å². The number of primary amides is 1. The summed E-state index contributed by atoms with van der Waals surface area (Å²) < 4.78 is 0. The average Bonchev–Trinajstić information content (AvgIpc) is 2.58. The summed E-state index contributed by atoms with van der Waals surface area (Å²) in [6.45, 7) is 10.0. The first-order valence-electron chi connectivity index (χ1n) is 8.64. The van der Waals surface area contributed by atoms with Crippen molar-refractivity contribution in [2.24, 2.45) is 5.73 Å². The summed E-state index contributed by atoms with van der Waals surface area (Å²) in [6, 6.07) is 5.60. The van der Waals surface area contributed by atoms with E-state index in [1.54, 1.807) is 13.0 Å². The smallest absolute Gasteiger partial charge is 0.268 e. The van der Waals surface area contributed by atoms with E-state index in [4.69, 9.17) is 17.3 Å². The van der Waals surface area contributed by atoms with Gasteiger partial charge in [-0.1, -0.05) is 38.4 Å². The van der Waals surface area contributed by atoms with Crippen molar-refractivity contribution in [1.29, 1.82) is 0 Å². The molecule has 0 aliphatic carbocycles. The highest BCUT2D eigenvalue weighted by molar-refractivity contribution is 6.31. The number of aromatic amines is 1. The van der Waals surface area contributed by atoms with Gasteiger partial charge in [0, 0.05) is 22.3 Å². The predicted octanol–water partition coefficient (Wildman–Crippen LogP) is 4.26. The Morgan fingerprint density at radius 2 is 1.89 bits per heavy atom. The number of amides is 1. The van der Waals surface area contributed by atoms with Crippen LogP contribution in [0.2, 0.25) is 5.02 Å². The van der Waals surface area contributed by atoms with Crippen LogP contribution in [0.15, 0.2) is 29.2 Å². The summed E-state index contributed by atoms with van der Waals surface area (Å²) in [6.07, 6.45) is 1.46. The number of nitrogens with zero attached hydrogens (tertiary/aromatic N) is 1. The minimum absolute atomic E-state index is 0.0266. The average molecular weight is 384 g/mol. The van der Waals surface area contributed by atoms with Gasteiger partial charge in [0.2, 0.25) is 0 Å². The van der Waals surface area contributed by atoms with Crippen LogP contribution in [0.4, 0.5) is 0 Å². The number of nitrogens with one attached hydrogen (secondary N) is 1. The van der Waals surface area contributed by atoms with Crippen LogP contribution in [-0.2, 0) is 5.41 Å². The zero-order chi connectivity index (χ0) is 20.1. The largest absolute Gasteiger partial charge is 0.364 e. The van der Waals surface area contributed by atoms with Gasteiger partial charge in [0.25, 0.3) is 5.91 Å². The quantitative estimate of drug-likeness (QED) is 0.693. The second kappa shape index (κ2) is 6.50. The van der Waals surface area contributed by atoms with Crippen LogP contribution < -0.4 is 11.2 Å². The number of carbonyl (C=O) groups is 1. The zero-order valence-corrected chi connectivity index (χ0v) is 16.8. The fourth-order valence-electron chi connectivity index (χ4n) is 3.31. The molecule has 1 amide bonds. The van der Waals surface area contributed by atoms with Gasteiger partial charge in [0.15, 0.2) is 5.43 Å². The highest BCUT2D eigenvalue weighted by atomic mass is 35.5. The van der Waals surface area contributed by atoms with E-state index >= 15 is 0 Å². The van der Waals surface area contributed by atoms with E-state index in [-0.39, 0.29) is 21.9 Å².